The molecular weight excluding hydrogens is 553 g/mol. The molecule has 0 saturated carbocycles. The number of benzene rings is 4. The number of ketones is 2. The molecule has 4 aromatic carbocycles. The Bertz CT molecular complexity index is 1990. The molecule has 0 saturated heterocycles. The van der Waals surface area contributed by atoms with Gasteiger partial charge < -0.3 is 4.57 Å². The average Bonchev–Trinajstić information content (AvgIpc) is 3.59. The van der Waals surface area contributed by atoms with Crippen LogP contribution in [0, 0.1) is 0 Å². The number of para-hydroxylation sites is 1. The molecule has 0 amide bonds. The third kappa shape index (κ3) is 4.13. The van der Waals surface area contributed by atoms with Crippen LogP contribution in [0.2, 0.25) is 10.0 Å². The second kappa shape index (κ2) is 9.73. The smallest absolute Gasteiger partial charge is 0.197 e. The van der Waals surface area contributed by atoms with Gasteiger partial charge in [0, 0.05) is 29.4 Å². The zero-order valence-corrected chi connectivity index (χ0v) is 23.3. The summed E-state index contributed by atoms with van der Waals surface area (Å²) in [5, 5.41) is 0.472. The van der Waals surface area contributed by atoms with Gasteiger partial charge in [0.25, 0.3) is 0 Å². The Morgan fingerprint density at radius 3 is 1.83 bits per heavy atom. The maximum absolute atomic E-state index is 13.3. The van der Waals surface area contributed by atoms with Crippen molar-refractivity contribution in [3.05, 3.63) is 136 Å². The van der Waals surface area contributed by atoms with Gasteiger partial charge in [-0.3, -0.25) is 14.2 Å². The van der Waals surface area contributed by atoms with Crippen molar-refractivity contribution in [2.24, 2.45) is 7.05 Å². The first-order chi connectivity index (χ1) is 19.9. The van der Waals surface area contributed by atoms with E-state index in [1.54, 1.807) is 6.08 Å². The molecule has 2 aromatic heterocycles. The Morgan fingerprint density at radius 2 is 1.22 bits per heavy atom. The van der Waals surface area contributed by atoms with Crippen molar-refractivity contribution in [3.63, 3.8) is 0 Å². The molecule has 2 heterocycles. The molecule has 0 unspecified atom stereocenters. The van der Waals surface area contributed by atoms with Gasteiger partial charge in [0.2, 0.25) is 0 Å². The van der Waals surface area contributed by atoms with Crippen LogP contribution in [0.1, 0.15) is 26.4 Å². The van der Waals surface area contributed by atoms with Crippen LogP contribution in [-0.4, -0.2) is 25.7 Å². The van der Waals surface area contributed by atoms with E-state index in [2.05, 4.69) is 36.4 Å². The summed E-state index contributed by atoms with van der Waals surface area (Å²) in [5.74, 6) is 0.0596. The first-order valence-electron chi connectivity index (χ1n) is 13.0. The number of allylic oxidation sites excluding steroid dienone is 1. The average molecular weight is 574 g/mol. The molecule has 5 nitrogen and oxygen atoms in total. The molecular formula is C34H21Cl2N3O2. The zero-order chi connectivity index (χ0) is 28.2. The van der Waals surface area contributed by atoms with Crippen LogP contribution in [-0.2, 0) is 7.05 Å². The van der Waals surface area contributed by atoms with E-state index in [-0.39, 0.29) is 38.3 Å². The summed E-state index contributed by atoms with van der Waals surface area (Å²) >= 11 is 12.3. The molecule has 7 heteroatoms. The highest BCUT2D eigenvalue weighted by Crippen LogP contribution is 2.36. The number of carbonyl (C=O) groups excluding carboxylic acids is 2. The van der Waals surface area contributed by atoms with Gasteiger partial charge in [-0.05, 0) is 47.5 Å². The van der Waals surface area contributed by atoms with E-state index >= 15 is 0 Å². The highest BCUT2D eigenvalue weighted by atomic mass is 35.5. The minimum absolute atomic E-state index is 0.0649. The lowest BCUT2D eigenvalue weighted by Crippen LogP contribution is -2.03. The summed E-state index contributed by atoms with van der Waals surface area (Å²) in [5.41, 5.74) is 6.96. The summed E-state index contributed by atoms with van der Waals surface area (Å²) in [7, 11) is 1.97. The third-order valence-electron chi connectivity index (χ3n) is 7.47. The van der Waals surface area contributed by atoms with Crippen molar-refractivity contribution in [1.82, 2.24) is 14.1 Å². The summed E-state index contributed by atoms with van der Waals surface area (Å²) in [6.45, 7) is 0. The van der Waals surface area contributed by atoms with Crippen LogP contribution in [0.5, 0.6) is 0 Å². The van der Waals surface area contributed by atoms with Crippen LogP contribution in [0.3, 0.4) is 0 Å². The largest absolute Gasteiger partial charge is 0.326 e. The van der Waals surface area contributed by atoms with Crippen LogP contribution >= 0.6 is 23.2 Å². The normalized spacial score (nSPS) is 12.8. The van der Waals surface area contributed by atoms with Gasteiger partial charge in [0.05, 0.1) is 26.8 Å². The highest BCUT2D eigenvalue weighted by molar-refractivity contribution is 6.46. The van der Waals surface area contributed by atoms with E-state index in [1.165, 1.54) is 12.1 Å². The molecule has 198 valence electrons. The topological polar surface area (TPSA) is 56.9 Å². The van der Waals surface area contributed by atoms with Crippen molar-refractivity contribution >= 4 is 52.0 Å². The Kier molecular flexibility index (Phi) is 6.00. The number of halogens is 2. The number of aryl methyl sites for hydroxylation is 1. The van der Waals surface area contributed by atoms with Gasteiger partial charge in [-0.1, -0.05) is 96.0 Å². The predicted octanol–water partition coefficient (Wildman–Crippen LogP) is 8.47. The molecule has 0 aliphatic heterocycles. The maximum Gasteiger partial charge on any atom is 0.197 e. The number of Topliss-reactive ketones (excluding diaryl/α,β-unsaturated/α-hetero) is 2. The highest BCUT2D eigenvalue weighted by Gasteiger charge is 2.34. The van der Waals surface area contributed by atoms with Gasteiger partial charge in [-0.25, -0.2) is 4.98 Å². The Labute approximate surface area is 245 Å². The minimum Gasteiger partial charge on any atom is -0.326 e. The quantitative estimate of drug-likeness (QED) is 0.157. The molecule has 6 aromatic rings. The van der Waals surface area contributed by atoms with E-state index in [0.717, 1.165) is 33.7 Å². The van der Waals surface area contributed by atoms with Gasteiger partial charge in [-0.15, -0.1) is 0 Å². The SMILES string of the molecule is Cn1c(-c2ccc(-c3ccccc3)cc2)nc2c1cc(C=C1C(=O)c3cc(Cl)c(Cl)cc3C1=O)n2-c1ccccc1. The van der Waals surface area contributed by atoms with Crippen molar-refractivity contribution in [2.75, 3.05) is 0 Å². The van der Waals surface area contributed by atoms with Crippen molar-refractivity contribution < 1.29 is 9.59 Å². The van der Waals surface area contributed by atoms with Gasteiger partial charge in [0.1, 0.15) is 5.82 Å². The van der Waals surface area contributed by atoms with E-state index in [0.29, 0.717) is 11.3 Å². The summed E-state index contributed by atoms with van der Waals surface area (Å²) < 4.78 is 3.99. The summed E-state index contributed by atoms with van der Waals surface area (Å²) in [6, 6.07) is 33.2. The third-order valence-corrected chi connectivity index (χ3v) is 8.19. The Balaban J connectivity index is 1.36. The fourth-order valence-electron chi connectivity index (χ4n) is 5.40. The molecule has 0 bridgehead atoms. The number of hydrogen-bond acceptors (Lipinski definition) is 3. The summed E-state index contributed by atoms with van der Waals surface area (Å²) in [4.78, 5) is 31.6. The number of hydrogen-bond donors (Lipinski definition) is 0. The molecule has 0 N–H and O–H groups in total. The number of nitrogens with zero attached hydrogens (tertiary/aromatic N) is 3. The lowest BCUT2D eigenvalue weighted by Gasteiger charge is -2.08. The monoisotopic (exact) mass is 573 g/mol. The van der Waals surface area contributed by atoms with Crippen molar-refractivity contribution in [1.29, 1.82) is 0 Å². The molecule has 7 rings (SSSR count). The maximum atomic E-state index is 13.3. The standard InChI is InChI=1S/C34H21Cl2N3O2/c1-38-30-17-24(16-27-31(40)25-18-28(35)29(36)19-26(25)32(27)41)39(23-10-6-3-7-11-23)34(30)37-33(38)22-14-12-21(13-15-22)20-8-4-2-5-9-20/h2-19H,1H3. The number of rotatable bonds is 4. The fourth-order valence-corrected chi connectivity index (χ4v) is 5.73. The fraction of sp³-hybridized carbons (Fsp3) is 0.0294. The molecule has 0 radical (unpaired) electrons. The second-order valence-electron chi connectivity index (χ2n) is 9.91. The molecule has 0 spiro atoms. The van der Waals surface area contributed by atoms with E-state index in [1.807, 2.05) is 70.8 Å². The molecule has 0 atom stereocenters. The van der Waals surface area contributed by atoms with Crippen molar-refractivity contribution in [3.8, 4) is 28.2 Å². The predicted molar refractivity (Wildman–Crippen MR) is 164 cm³/mol. The second-order valence-corrected chi connectivity index (χ2v) is 10.7. The number of aromatic nitrogens is 3. The van der Waals surface area contributed by atoms with Crippen LogP contribution in [0.25, 0.3) is 45.4 Å². The van der Waals surface area contributed by atoms with Crippen LogP contribution in [0.4, 0.5) is 0 Å². The Morgan fingerprint density at radius 1 is 0.683 bits per heavy atom. The lowest BCUT2D eigenvalue weighted by molar-refractivity contribution is 0.0990. The molecule has 41 heavy (non-hydrogen) atoms. The molecule has 0 fully saturated rings. The first-order valence-corrected chi connectivity index (χ1v) is 13.8. The Hall–Kier alpha value is -4.71. The first kappa shape index (κ1) is 25.3. The van der Waals surface area contributed by atoms with Gasteiger partial charge >= 0.3 is 0 Å². The number of imidazole rings is 1. The molecule has 1 aliphatic rings. The van der Waals surface area contributed by atoms with Crippen molar-refractivity contribution in [2.45, 2.75) is 0 Å². The van der Waals surface area contributed by atoms with Crippen LogP contribution in [0.15, 0.2) is 109 Å². The lowest BCUT2D eigenvalue weighted by atomic mass is 10.0. The number of fused-ring (bicyclic) bond motifs is 2. The van der Waals surface area contributed by atoms with Gasteiger partial charge in [-0.2, -0.15) is 0 Å². The zero-order valence-electron chi connectivity index (χ0n) is 21.8. The van der Waals surface area contributed by atoms with Gasteiger partial charge in [0.15, 0.2) is 17.2 Å². The number of carbonyl (C=O) groups is 2. The van der Waals surface area contributed by atoms with E-state index in [4.69, 9.17) is 28.2 Å². The molecule has 1 aliphatic carbocycles. The van der Waals surface area contributed by atoms with Crippen LogP contribution < -0.4 is 0 Å². The van der Waals surface area contributed by atoms with E-state index < -0.39 is 0 Å². The van der Waals surface area contributed by atoms with E-state index in [9.17, 15) is 9.59 Å². The minimum atomic E-state index is -0.374. The summed E-state index contributed by atoms with van der Waals surface area (Å²) in [6.07, 6.45) is 1.63.